The molecule has 1 heterocycles. The van der Waals surface area contributed by atoms with Crippen molar-refractivity contribution in [3.8, 4) is 29.2 Å². The van der Waals surface area contributed by atoms with Gasteiger partial charge in [-0.15, -0.1) is 6.42 Å². The van der Waals surface area contributed by atoms with Gasteiger partial charge in [0.1, 0.15) is 11.6 Å². The van der Waals surface area contributed by atoms with Gasteiger partial charge in [-0.05, 0) is 47.2 Å². The lowest BCUT2D eigenvalue weighted by Gasteiger charge is -2.14. The van der Waals surface area contributed by atoms with E-state index in [1.54, 1.807) is 30.5 Å². The van der Waals surface area contributed by atoms with Gasteiger partial charge in [0.2, 0.25) is 0 Å². The average molecular weight is 418 g/mol. The average Bonchev–Trinajstić information content (AvgIpc) is 2.76. The van der Waals surface area contributed by atoms with Crippen molar-refractivity contribution in [1.29, 1.82) is 0 Å². The van der Waals surface area contributed by atoms with E-state index in [9.17, 15) is 14.7 Å². The van der Waals surface area contributed by atoms with Gasteiger partial charge in [0.25, 0.3) is 0 Å². The Kier molecular flexibility index (Phi) is 6.91. The van der Waals surface area contributed by atoms with Gasteiger partial charge < -0.3 is 20.5 Å². The summed E-state index contributed by atoms with van der Waals surface area (Å²) in [5.41, 5.74) is 2.44. The third-order valence-electron chi connectivity index (χ3n) is 4.44. The maximum Gasteiger partial charge on any atom is 0.408 e. The second-order valence-electron chi connectivity index (χ2n) is 6.56. The minimum Gasteiger partial charge on any atom is -0.508 e. The molecule has 2 aromatic carbocycles. The van der Waals surface area contributed by atoms with Gasteiger partial charge in [-0.25, -0.2) is 14.6 Å². The quantitative estimate of drug-likeness (QED) is 0.457. The van der Waals surface area contributed by atoms with Crippen LogP contribution in [0.2, 0.25) is 0 Å². The molecule has 0 aliphatic carbocycles. The van der Waals surface area contributed by atoms with Crippen LogP contribution in [0.25, 0.3) is 21.9 Å². The van der Waals surface area contributed by atoms with Gasteiger partial charge in [-0.3, -0.25) is 5.32 Å². The molecule has 3 aromatic rings. The number of rotatable bonds is 6. The molecule has 0 unspecified atom stereocenters. The lowest BCUT2D eigenvalue weighted by atomic mass is 9.96. The number of terminal acetylenes is 1. The summed E-state index contributed by atoms with van der Waals surface area (Å²) in [4.78, 5) is 28.0. The molecule has 0 aliphatic rings. The number of urea groups is 1. The number of ether oxygens (including phenoxy) is 1. The summed E-state index contributed by atoms with van der Waals surface area (Å²) in [6.45, 7) is 2.39. The van der Waals surface area contributed by atoms with E-state index in [1.807, 2.05) is 25.1 Å². The highest BCUT2D eigenvalue weighted by Crippen LogP contribution is 2.33. The van der Waals surface area contributed by atoms with Crippen LogP contribution in [-0.4, -0.2) is 35.4 Å². The number of hydrogen-bond donors (Lipinski definition) is 4. The van der Waals surface area contributed by atoms with E-state index >= 15 is 0 Å². The van der Waals surface area contributed by atoms with Gasteiger partial charge in [0, 0.05) is 24.7 Å². The highest BCUT2D eigenvalue weighted by atomic mass is 16.5. The number of anilines is 1. The first-order valence-electron chi connectivity index (χ1n) is 9.61. The van der Waals surface area contributed by atoms with Crippen LogP contribution in [0.15, 0.2) is 48.7 Å². The molecule has 3 rings (SSSR count). The molecular formula is C23H22N4O4. The number of carbonyl (C=O) groups is 2. The summed E-state index contributed by atoms with van der Waals surface area (Å²) >= 11 is 0. The van der Waals surface area contributed by atoms with E-state index < -0.39 is 6.09 Å². The van der Waals surface area contributed by atoms with Crippen molar-refractivity contribution in [1.82, 2.24) is 15.6 Å². The standard InChI is InChI=1S/C23H22N4O4/c1-3-10-31-23(30)26-13-16-8-9-18(15-6-5-7-17(28)11-15)19-12-21(25-14-20(16)19)27-22(29)24-4-2/h1,5-9,11-12,14,28H,4,10,13H2,2H3,(H,26,30)(H2,24,25,27,29). The van der Waals surface area contributed by atoms with Crippen molar-refractivity contribution in [2.24, 2.45) is 0 Å². The van der Waals surface area contributed by atoms with Gasteiger partial charge in [0.15, 0.2) is 6.61 Å². The first-order chi connectivity index (χ1) is 15.0. The third-order valence-corrected chi connectivity index (χ3v) is 4.44. The Hall–Kier alpha value is -4.25. The fourth-order valence-electron chi connectivity index (χ4n) is 3.09. The second-order valence-corrected chi connectivity index (χ2v) is 6.56. The summed E-state index contributed by atoms with van der Waals surface area (Å²) in [5, 5.41) is 19.5. The number of aromatic nitrogens is 1. The fraction of sp³-hybridized carbons (Fsp3) is 0.174. The monoisotopic (exact) mass is 418 g/mol. The number of nitrogens with one attached hydrogen (secondary N) is 3. The van der Waals surface area contributed by atoms with E-state index in [0.29, 0.717) is 12.4 Å². The zero-order chi connectivity index (χ0) is 22.2. The van der Waals surface area contributed by atoms with Gasteiger partial charge in [0.05, 0.1) is 0 Å². The Bertz CT molecular complexity index is 1150. The maximum atomic E-state index is 11.9. The van der Waals surface area contributed by atoms with Gasteiger partial charge >= 0.3 is 12.1 Å². The Morgan fingerprint density at radius 1 is 1.16 bits per heavy atom. The number of benzene rings is 2. The molecule has 8 heteroatoms. The summed E-state index contributed by atoms with van der Waals surface area (Å²) in [6.07, 6.45) is 6.11. The second kappa shape index (κ2) is 9.98. The Morgan fingerprint density at radius 2 is 2.00 bits per heavy atom. The van der Waals surface area contributed by atoms with Crippen LogP contribution in [0.4, 0.5) is 15.4 Å². The lowest BCUT2D eigenvalue weighted by molar-refractivity contribution is 0.159. The molecule has 31 heavy (non-hydrogen) atoms. The largest absolute Gasteiger partial charge is 0.508 e. The number of phenolic OH excluding ortho intramolecular Hbond substituents is 1. The van der Waals surface area contributed by atoms with Crippen LogP contribution < -0.4 is 16.0 Å². The van der Waals surface area contributed by atoms with E-state index in [0.717, 1.165) is 27.5 Å². The van der Waals surface area contributed by atoms with Crippen LogP contribution in [0.5, 0.6) is 5.75 Å². The molecule has 0 radical (unpaired) electrons. The van der Waals surface area contributed by atoms with Crippen molar-refractivity contribution in [3.63, 3.8) is 0 Å². The molecule has 0 aliphatic heterocycles. The molecule has 0 saturated heterocycles. The van der Waals surface area contributed by atoms with Gasteiger partial charge in [-0.1, -0.05) is 30.2 Å². The minimum absolute atomic E-state index is 0.112. The highest BCUT2D eigenvalue weighted by Gasteiger charge is 2.12. The number of aromatic hydroxyl groups is 1. The number of nitrogens with zero attached hydrogens (tertiary/aromatic N) is 1. The van der Waals surface area contributed by atoms with Crippen molar-refractivity contribution in [2.45, 2.75) is 13.5 Å². The number of pyridine rings is 1. The van der Waals surface area contributed by atoms with Crippen LogP contribution in [0, 0.1) is 12.3 Å². The molecule has 0 saturated carbocycles. The maximum absolute atomic E-state index is 11.9. The third kappa shape index (κ3) is 5.42. The smallest absolute Gasteiger partial charge is 0.408 e. The van der Waals surface area contributed by atoms with E-state index in [1.165, 1.54) is 0 Å². The molecule has 8 nitrogen and oxygen atoms in total. The van der Waals surface area contributed by atoms with Crippen molar-refractivity contribution >= 4 is 28.7 Å². The fourth-order valence-corrected chi connectivity index (χ4v) is 3.09. The first-order valence-corrected chi connectivity index (χ1v) is 9.61. The number of amides is 3. The Morgan fingerprint density at radius 3 is 2.74 bits per heavy atom. The number of hydrogen-bond acceptors (Lipinski definition) is 5. The zero-order valence-electron chi connectivity index (χ0n) is 16.9. The normalized spacial score (nSPS) is 10.2. The number of carbonyl (C=O) groups excluding carboxylic acids is 2. The molecule has 158 valence electrons. The minimum atomic E-state index is -0.620. The van der Waals surface area contributed by atoms with E-state index in [4.69, 9.17) is 11.2 Å². The van der Waals surface area contributed by atoms with Crippen LogP contribution in [-0.2, 0) is 11.3 Å². The molecule has 0 atom stereocenters. The van der Waals surface area contributed by atoms with Gasteiger partial charge in [-0.2, -0.15) is 0 Å². The molecular weight excluding hydrogens is 396 g/mol. The Balaban J connectivity index is 2.01. The summed E-state index contributed by atoms with van der Waals surface area (Å²) in [5.74, 6) is 2.75. The Labute approximate surface area is 179 Å². The van der Waals surface area contributed by atoms with E-state index in [2.05, 4.69) is 26.9 Å². The number of alkyl carbamates (subject to hydrolysis) is 1. The topological polar surface area (TPSA) is 113 Å². The number of phenols is 1. The van der Waals surface area contributed by atoms with E-state index in [-0.39, 0.29) is 24.9 Å². The van der Waals surface area contributed by atoms with Crippen molar-refractivity contribution < 1.29 is 19.4 Å². The van der Waals surface area contributed by atoms with Crippen LogP contribution in [0.1, 0.15) is 12.5 Å². The summed E-state index contributed by atoms with van der Waals surface area (Å²) in [6, 6.07) is 12.0. The number of fused-ring (bicyclic) bond motifs is 1. The molecule has 4 N–H and O–H groups in total. The lowest BCUT2D eigenvalue weighted by Crippen LogP contribution is -2.28. The SMILES string of the molecule is C#CCOC(=O)NCc1ccc(-c2cccc(O)c2)c2cc(NC(=O)NCC)ncc12. The highest BCUT2D eigenvalue weighted by molar-refractivity contribution is 6.01. The molecule has 0 spiro atoms. The predicted molar refractivity (Wildman–Crippen MR) is 119 cm³/mol. The van der Waals surface area contributed by atoms with Crippen molar-refractivity contribution in [2.75, 3.05) is 18.5 Å². The zero-order valence-corrected chi connectivity index (χ0v) is 16.9. The molecule has 0 fully saturated rings. The van der Waals surface area contributed by atoms with Crippen LogP contribution in [0.3, 0.4) is 0 Å². The molecule has 0 bridgehead atoms. The molecule has 3 amide bonds. The first kappa shape index (κ1) is 21.5. The summed E-state index contributed by atoms with van der Waals surface area (Å²) < 4.78 is 4.83. The summed E-state index contributed by atoms with van der Waals surface area (Å²) in [7, 11) is 0. The van der Waals surface area contributed by atoms with Crippen molar-refractivity contribution in [3.05, 3.63) is 54.2 Å². The molecule has 1 aromatic heterocycles. The predicted octanol–water partition coefficient (Wildman–Crippen LogP) is 3.61. The van der Waals surface area contributed by atoms with Crippen LogP contribution >= 0.6 is 0 Å².